The fraction of sp³-hybridized carbons (Fsp3) is 0.571. The zero-order chi connectivity index (χ0) is 13.0. The largest absolute Gasteiger partial charge is 0.507 e. The lowest BCUT2D eigenvalue weighted by molar-refractivity contribution is 0.198. The van der Waals surface area contributed by atoms with Gasteiger partial charge in [-0.05, 0) is 59.6 Å². The predicted molar refractivity (Wildman–Crippen MR) is 77.8 cm³/mol. The van der Waals surface area contributed by atoms with E-state index in [1.54, 1.807) is 6.07 Å². The molecule has 1 aliphatic heterocycles. The van der Waals surface area contributed by atoms with Crippen LogP contribution in [0.3, 0.4) is 0 Å². The van der Waals surface area contributed by atoms with E-state index in [-0.39, 0.29) is 0 Å². The molecule has 18 heavy (non-hydrogen) atoms. The van der Waals surface area contributed by atoms with E-state index in [4.69, 9.17) is 0 Å². The quantitative estimate of drug-likeness (QED) is 0.897. The number of nitrogens with zero attached hydrogens (tertiary/aromatic N) is 1. The highest BCUT2D eigenvalue weighted by atomic mass is 79.9. The molecule has 100 valence electrons. The second-order valence-corrected chi connectivity index (χ2v) is 5.75. The molecule has 4 heteroatoms. The minimum atomic E-state index is 0.300. The fourth-order valence-electron chi connectivity index (χ4n) is 2.43. The van der Waals surface area contributed by atoms with Gasteiger partial charge in [0.25, 0.3) is 0 Å². The molecule has 0 aromatic heterocycles. The number of nitrogens with one attached hydrogen (secondary N) is 1. The number of aromatic hydroxyl groups is 1. The van der Waals surface area contributed by atoms with Crippen molar-refractivity contribution in [2.75, 3.05) is 19.6 Å². The number of hydrogen-bond acceptors (Lipinski definition) is 3. The molecule has 0 amide bonds. The number of likely N-dealkylation sites (tertiary alicyclic amines) is 1. The molecule has 2 N–H and O–H groups in total. The Kier molecular flexibility index (Phi) is 5.03. The van der Waals surface area contributed by atoms with Gasteiger partial charge in [0.05, 0.1) is 4.47 Å². The van der Waals surface area contributed by atoms with E-state index < -0.39 is 0 Å². The lowest BCUT2D eigenvalue weighted by atomic mass is 10.1. The molecule has 1 aliphatic rings. The average molecular weight is 313 g/mol. The summed E-state index contributed by atoms with van der Waals surface area (Å²) in [7, 11) is 0. The molecular formula is C14H21BrN2O. The molecule has 2 rings (SSSR count). The highest BCUT2D eigenvalue weighted by Crippen LogP contribution is 2.24. The normalized spacial score (nSPS) is 21.1. The first-order valence-corrected chi connectivity index (χ1v) is 7.41. The first-order valence-electron chi connectivity index (χ1n) is 6.62. The molecule has 0 bridgehead atoms. The smallest absolute Gasteiger partial charge is 0.129 e. The zero-order valence-corrected chi connectivity index (χ0v) is 12.4. The molecule has 1 atom stereocenters. The molecule has 0 radical (unpaired) electrons. The molecule has 0 spiro atoms. The van der Waals surface area contributed by atoms with E-state index in [9.17, 15) is 5.11 Å². The lowest BCUT2D eigenvalue weighted by Crippen LogP contribution is -2.45. The number of likely N-dealkylation sites (N-methyl/N-ethyl adjacent to an activating group) is 1. The first-order chi connectivity index (χ1) is 8.69. The summed E-state index contributed by atoms with van der Waals surface area (Å²) >= 11 is 3.35. The number of rotatable bonds is 4. The summed E-state index contributed by atoms with van der Waals surface area (Å²) in [5.41, 5.74) is 1.20. The van der Waals surface area contributed by atoms with E-state index in [1.165, 1.54) is 24.9 Å². The highest BCUT2D eigenvalue weighted by molar-refractivity contribution is 9.10. The van der Waals surface area contributed by atoms with Crippen LogP contribution in [0, 0.1) is 0 Å². The van der Waals surface area contributed by atoms with Gasteiger partial charge in [-0.2, -0.15) is 0 Å². The molecule has 1 aromatic carbocycles. The van der Waals surface area contributed by atoms with Crippen molar-refractivity contribution >= 4 is 15.9 Å². The van der Waals surface area contributed by atoms with Crippen LogP contribution in [0.15, 0.2) is 22.7 Å². The third-order valence-corrected chi connectivity index (χ3v) is 4.19. The Morgan fingerprint density at radius 2 is 2.33 bits per heavy atom. The highest BCUT2D eigenvalue weighted by Gasteiger charge is 2.17. The van der Waals surface area contributed by atoms with Crippen molar-refractivity contribution in [3.63, 3.8) is 0 Å². The van der Waals surface area contributed by atoms with E-state index in [0.717, 1.165) is 24.1 Å². The van der Waals surface area contributed by atoms with E-state index in [0.29, 0.717) is 11.8 Å². The standard InChI is InChI=1S/C14H21BrN2O/c1-2-17-7-3-4-12(10-17)16-9-11-5-6-14(18)13(15)8-11/h5-6,8,12,16,18H,2-4,7,9-10H2,1H3. The molecule has 1 heterocycles. The van der Waals surface area contributed by atoms with Gasteiger partial charge in [-0.3, -0.25) is 0 Å². The van der Waals surface area contributed by atoms with Crippen LogP contribution in [0.2, 0.25) is 0 Å². The number of piperidine rings is 1. The summed E-state index contributed by atoms with van der Waals surface area (Å²) in [5.74, 6) is 0.300. The second-order valence-electron chi connectivity index (χ2n) is 4.90. The van der Waals surface area contributed by atoms with Crippen molar-refractivity contribution in [2.24, 2.45) is 0 Å². The Morgan fingerprint density at radius 3 is 3.06 bits per heavy atom. The number of phenolic OH excluding ortho intramolecular Hbond substituents is 1. The van der Waals surface area contributed by atoms with Crippen LogP contribution in [0.5, 0.6) is 5.75 Å². The Bertz CT molecular complexity index is 397. The molecule has 1 unspecified atom stereocenters. The van der Waals surface area contributed by atoms with Gasteiger partial charge in [-0.25, -0.2) is 0 Å². The van der Waals surface area contributed by atoms with Crippen LogP contribution in [0.1, 0.15) is 25.3 Å². The topological polar surface area (TPSA) is 35.5 Å². The number of benzene rings is 1. The molecule has 0 aliphatic carbocycles. The van der Waals surface area contributed by atoms with Crippen molar-refractivity contribution in [3.05, 3.63) is 28.2 Å². The number of halogens is 1. The van der Waals surface area contributed by atoms with Crippen LogP contribution < -0.4 is 5.32 Å². The minimum Gasteiger partial charge on any atom is -0.507 e. The summed E-state index contributed by atoms with van der Waals surface area (Å²) in [5, 5.41) is 13.1. The second kappa shape index (κ2) is 6.55. The summed E-state index contributed by atoms with van der Waals surface area (Å²) in [4.78, 5) is 2.49. The van der Waals surface area contributed by atoms with E-state index in [2.05, 4.69) is 33.1 Å². The van der Waals surface area contributed by atoms with Gasteiger partial charge in [0.15, 0.2) is 0 Å². The molecule has 1 aromatic rings. The SMILES string of the molecule is CCN1CCCC(NCc2ccc(O)c(Br)c2)C1. The molecular weight excluding hydrogens is 292 g/mol. The van der Waals surface area contributed by atoms with Crippen molar-refractivity contribution < 1.29 is 5.11 Å². The Balaban J connectivity index is 1.85. The maximum absolute atomic E-state index is 9.45. The molecule has 1 fully saturated rings. The van der Waals surface area contributed by atoms with Gasteiger partial charge >= 0.3 is 0 Å². The maximum Gasteiger partial charge on any atom is 0.129 e. The first kappa shape index (κ1) is 13.8. The molecule has 3 nitrogen and oxygen atoms in total. The van der Waals surface area contributed by atoms with Crippen molar-refractivity contribution in [1.29, 1.82) is 0 Å². The Morgan fingerprint density at radius 1 is 1.50 bits per heavy atom. The van der Waals surface area contributed by atoms with Crippen LogP contribution in [-0.4, -0.2) is 35.7 Å². The van der Waals surface area contributed by atoms with E-state index in [1.807, 2.05) is 12.1 Å². The zero-order valence-electron chi connectivity index (χ0n) is 10.8. The Labute approximate surface area is 117 Å². The van der Waals surface area contributed by atoms with Crippen molar-refractivity contribution in [3.8, 4) is 5.75 Å². The van der Waals surface area contributed by atoms with Crippen LogP contribution in [0.4, 0.5) is 0 Å². The van der Waals surface area contributed by atoms with Gasteiger partial charge in [-0.15, -0.1) is 0 Å². The lowest BCUT2D eigenvalue weighted by Gasteiger charge is -2.32. The summed E-state index contributed by atoms with van der Waals surface area (Å²) in [6.07, 6.45) is 2.54. The average Bonchev–Trinajstić information content (AvgIpc) is 2.40. The van der Waals surface area contributed by atoms with Gasteiger partial charge in [0.1, 0.15) is 5.75 Å². The summed E-state index contributed by atoms with van der Waals surface area (Å²) in [6.45, 7) is 6.61. The van der Waals surface area contributed by atoms with Crippen LogP contribution in [-0.2, 0) is 6.54 Å². The summed E-state index contributed by atoms with van der Waals surface area (Å²) in [6, 6.07) is 6.27. The number of phenols is 1. The fourth-order valence-corrected chi connectivity index (χ4v) is 2.86. The van der Waals surface area contributed by atoms with Gasteiger partial charge in [0, 0.05) is 19.1 Å². The maximum atomic E-state index is 9.45. The van der Waals surface area contributed by atoms with Gasteiger partial charge < -0.3 is 15.3 Å². The third kappa shape index (κ3) is 3.70. The van der Waals surface area contributed by atoms with Crippen LogP contribution >= 0.6 is 15.9 Å². The van der Waals surface area contributed by atoms with E-state index >= 15 is 0 Å². The summed E-state index contributed by atoms with van der Waals surface area (Å²) < 4.78 is 0.764. The van der Waals surface area contributed by atoms with Crippen molar-refractivity contribution in [2.45, 2.75) is 32.4 Å². The number of hydrogen-bond donors (Lipinski definition) is 2. The molecule has 1 saturated heterocycles. The molecule has 0 saturated carbocycles. The van der Waals surface area contributed by atoms with Crippen LogP contribution in [0.25, 0.3) is 0 Å². The van der Waals surface area contributed by atoms with Crippen molar-refractivity contribution in [1.82, 2.24) is 10.2 Å². The monoisotopic (exact) mass is 312 g/mol. The minimum absolute atomic E-state index is 0.300. The van der Waals surface area contributed by atoms with Gasteiger partial charge in [-0.1, -0.05) is 13.0 Å². The predicted octanol–water partition coefficient (Wildman–Crippen LogP) is 2.73. The third-order valence-electron chi connectivity index (χ3n) is 3.56. The Hall–Kier alpha value is -0.580. The van der Waals surface area contributed by atoms with Gasteiger partial charge in [0.2, 0.25) is 0 Å².